The van der Waals surface area contributed by atoms with Gasteiger partial charge in [0, 0.05) is 29.7 Å². The Morgan fingerprint density at radius 1 is 0.541 bits per heavy atom. The Morgan fingerprint density at radius 2 is 0.865 bits per heavy atom. The predicted molar refractivity (Wildman–Crippen MR) is 148 cm³/mol. The van der Waals surface area contributed by atoms with Crippen molar-refractivity contribution in [3.05, 3.63) is 139 Å². The third kappa shape index (κ3) is 4.69. The molecule has 4 aromatic carbocycles. The van der Waals surface area contributed by atoms with Crippen molar-refractivity contribution in [1.29, 1.82) is 0 Å². The highest BCUT2D eigenvalue weighted by Gasteiger charge is 2.35. The second-order valence-corrected chi connectivity index (χ2v) is 9.60. The van der Waals surface area contributed by atoms with E-state index in [4.69, 9.17) is 0 Å². The first-order valence-corrected chi connectivity index (χ1v) is 11.9. The van der Waals surface area contributed by atoms with Gasteiger partial charge in [-0.15, -0.1) is 0 Å². The Labute approximate surface area is 214 Å². The van der Waals surface area contributed by atoms with Crippen LogP contribution < -0.4 is 0 Å². The average molecular weight is 489 g/mol. The lowest BCUT2D eigenvalue weighted by atomic mass is 9.81. The van der Waals surface area contributed by atoms with Gasteiger partial charge in [0.05, 0.1) is 9.85 Å². The van der Waals surface area contributed by atoms with Gasteiger partial charge in [-0.25, -0.2) is 0 Å². The van der Waals surface area contributed by atoms with Gasteiger partial charge in [-0.1, -0.05) is 74.5 Å². The number of non-ortho nitro benzene ring substituents is 2. The van der Waals surface area contributed by atoms with Crippen molar-refractivity contribution >= 4 is 35.7 Å². The summed E-state index contributed by atoms with van der Waals surface area (Å²) in [5.41, 5.74) is 8.86. The zero-order chi connectivity index (χ0) is 26.2. The van der Waals surface area contributed by atoms with Crippen LogP contribution in [0.15, 0.2) is 84.9 Å². The molecule has 0 bridgehead atoms. The molecule has 0 aromatic heterocycles. The molecule has 0 N–H and O–H groups in total. The largest absolute Gasteiger partial charge is 0.269 e. The van der Waals surface area contributed by atoms with Crippen molar-refractivity contribution in [3.8, 4) is 11.1 Å². The summed E-state index contributed by atoms with van der Waals surface area (Å²) >= 11 is 0. The van der Waals surface area contributed by atoms with E-state index in [2.05, 4.69) is 50.2 Å². The molecule has 0 saturated carbocycles. The summed E-state index contributed by atoms with van der Waals surface area (Å²) in [6.45, 7) is 4.45. The van der Waals surface area contributed by atoms with Crippen LogP contribution in [0.2, 0.25) is 0 Å². The molecule has 1 aliphatic rings. The van der Waals surface area contributed by atoms with Crippen LogP contribution in [0, 0.1) is 20.2 Å². The summed E-state index contributed by atoms with van der Waals surface area (Å²) < 4.78 is 0. The predicted octanol–water partition coefficient (Wildman–Crippen LogP) is 8.15. The first kappa shape index (κ1) is 23.9. The van der Waals surface area contributed by atoms with Crippen LogP contribution in [0.1, 0.15) is 47.2 Å². The van der Waals surface area contributed by atoms with Crippen molar-refractivity contribution in [1.82, 2.24) is 0 Å². The van der Waals surface area contributed by atoms with Crippen molar-refractivity contribution in [2.45, 2.75) is 19.3 Å². The molecule has 0 spiro atoms. The molecule has 0 atom stereocenters. The van der Waals surface area contributed by atoms with E-state index in [1.165, 1.54) is 46.5 Å². The van der Waals surface area contributed by atoms with Crippen LogP contribution in [0.5, 0.6) is 0 Å². The topological polar surface area (TPSA) is 86.3 Å². The molecule has 6 heteroatoms. The highest BCUT2D eigenvalue weighted by Crippen LogP contribution is 2.49. The molecule has 0 radical (unpaired) electrons. The molecule has 1 aliphatic carbocycles. The van der Waals surface area contributed by atoms with Crippen molar-refractivity contribution in [3.63, 3.8) is 0 Å². The minimum atomic E-state index is -0.398. The van der Waals surface area contributed by atoms with Crippen LogP contribution in [0.4, 0.5) is 11.4 Å². The van der Waals surface area contributed by atoms with E-state index >= 15 is 0 Å². The summed E-state index contributed by atoms with van der Waals surface area (Å²) in [7, 11) is 0. The van der Waals surface area contributed by atoms with Gasteiger partial charge < -0.3 is 0 Å². The third-order valence-corrected chi connectivity index (χ3v) is 6.87. The number of nitro groups is 2. The molecule has 37 heavy (non-hydrogen) atoms. The fourth-order valence-corrected chi connectivity index (χ4v) is 4.78. The lowest BCUT2D eigenvalue weighted by molar-refractivity contribution is -0.385. The molecule has 0 heterocycles. The second-order valence-electron chi connectivity index (χ2n) is 9.60. The summed E-state index contributed by atoms with van der Waals surface area (Å²) in [5, 5.41) is 21.7. The maximum atomic E-state index is 10.9. The van der Waals surface area contributed by atoms with Gasteiger partial charge in [-0.05, 0) is 68.8 Å². The van der Waals surface area contributed by atoms with Gasteiger partial charge in [0.15, 0.2) is 0 Å². The van der Waals surface area contributed by atoms with E-state index in [-0.39, 0.29) is 16.8 Å². The average Bonchev–Trinajstić information content (AvgIpc) is 3.12. The lowest BCUT2D eigenvalue weighted by Crippen LogP contribution is -2.15. The molecule has 0 amide bonds. The normalized spacial score (nSPS) is 13.6. The number of benzene rings is 4. The van der Waals surface area contributed by atoms with Gasteiger partial charge in [-0.2, -0.15) is 0 Å². The van der Waals surface area contributed by atoms with Gasteiger partial charge in [0.25, 0.3) is 11.4 Å². The molecule has 5 rings (SSSR count). The monoisotopic (exact) mass is 488 g/mol. The van der Waals surface area contributed by atoms with E-state index in [9.17, 15) is 20.2 Å². The first-order chi connectivity index (χ1) is 17.7. The highest BCUT2D eigenvalue weighted by molar-refractivity contribution is 5.84. The number of rotatable bonds is 6. The molecular formula is C31H24N2O4. The minimum Gasteiger partial charge on any atom is -0.258 e. The maximum Gasteiger partial charge on any atom is 0.269 e. The molecule has 6 nitrogen and oxygen atoms in total. The quantitative estimate of drug-likeness (QED) is 0.156. The number of nitrogens with zero attached hydrogens (tertiary/aromatic N) is 2. The number of hydrogen-bond acceptors (Lipinski definition) is 4. The Kier molecular flexibility index (Phi) is 6.01. The van der Waals surface area contributed by atoms with Crippen LogP contribution in [-0.2, 0) is 5.41 Å². The third-order valence-electron chi connectivity index (χ3n) is 6.87. The van der Waals surface area contributed by atoms with Gasteiger partial charge in [-0.3, -0.25) is 20.2 Å². The summed E-state index contributed by atoms with van der Waals surface area (Å²) in [5.74, 6) is 0. The van der Waals surface area contributed by atoms with E-state index in [0.717, 1.165) is 22.3 Å². The fourth-order valence-electron chi connectivity index (χ4n) is 4.78. The van der Waals surface area contributed by atoms with Crippen LogP contribution in [0.3, 0.4) is 0 Å². The van der Waals surface area contributed by atoms with Gasteiger partial charge in [0.2, 0.25) is 0 Å². The molecular weight excluding hydrogens is 464 g/mol. The molecule has 0 aliphatic heterocycles. The first-order valence-electron chi connectivity index (χ1n) is 11.9. The Balaban J connectivity index is 1.39. The van der Waals surface area contributed by atoms with Crippen molar-refractivity contribution in [2.75, 3.05) is 0 Å². The Morgan fingerprint density at radius 3 is 1.22 bits per heavy atom. The van der Waals surface area contributed by atoms with Crippen molar-refractivity contribution in [2.24, 2.45) is 0 Å². The van der Waals surface area contributed by atoms with Crippen LogP contribution in [-0.4, -0.2) is 9.85 Å². The SMILES string of the molecule is CC1(C)c2cc(/C=C/c3ccc([N+](=O)[O-])cc3)ccc2-c2ccc(/C=C/c3ccc([N+](=O)[O-])cc3)cc21. The van der Waals surface area contributed by atoms with Crippen molar-refractivity contribution < 1.29 is 9.85 Å². The van der Waals surface area contributed by atoms with Gasteiger partial charge in [0.1, 0.15) is 0 Å². The molecule has 0 fully saturated rings. The van der Waals surface area contributed by atoms with E-state index in [1.807, 2.05) is 24.3 Å². The summed E-state index contributed by atoms with van der Waals surface area (Å²) in [6.07, 6.45) is 7.97. The Hall–Kier alpha value is -4.84. The number of hydrogen-bond donors (Lipinski definition) is 0. The van der Waals surface area contributed by atoms with Crippen LogP contribution >= 0.6 is 0 Å². The standard InChI is InChI=1S/C31H24N2O4/c1-31(2)29-19-23(5-3-21-7-13-25(14-8-21)32(34)35)11-17-27(29)28-18-12-24(20-30(28)31)6-4-22-9-15-26(16-10-22)33(36)37/h3-20H,1-2H3/b5-3+,6-4+. The molecule has 0 unspecified atom stereocenters. The summed E-state index contributed by atoms with van der Waals surface area (Å²) in [6, 6.07) is 25.9. The minimum absolute atomic E-state index is 0.0798. The van der Waals surface area contributed by atoms with E-state index < -0.39 is 9.85 Å². The molecule has 0 saturated heterocycles. The number of nitro benzene ring substituents is 2. The Bertz CT molecular complexity index is 1460. The number of fused-ring (bicyclic) bond motifs is 3. The van der Waals surface area contributed by atoms with E-state index in [1.54, 1.807) is 24.3 Å². The highest BCUT2D eigenvalue weighted by atomic mass is 16.6. The smallest absolute Gasteiger partial charge is 0.258 e. The molecule has 4 aromatic rings. The van der Waals surface area contributed by atoms with E-state index in [0.29, 0.717) is 0 Å². The lowest BCUT2D eigenvalue weighted by Gasteiger charge is -2.22. The van der Waals surface area contributed by atoms with Crippen LogP contribution in [0.25, 0.3) is 35.4 Å². The fraction of sp³-hybridized carbons (Fsp3) is 0.0968. The maximum absolute atomic E-state index is 10.9. The zero-order valence-electron chi connectivity index (χ0n) is 20.4. The summed E-state index contributed by atoms with van der Waals surface area (Å²) in [4.78, 5) is 20.9. The molecule has 182 valence electrons. The van der Waals surface area contributed by atoms with Gasteiger partial charge >= 0.3 is 0 Å². The second kappa shape index (κ2) is 9.32. The zero-order valence-corrected chi connectivity index (χ0v) is 20.4.